The van der Waals surface area contributed by atoms with Crippen LogP contribution in [-0.2, 0) is 5.60 Å². The molecule has 2 atom stereocenters. The Labute approximate surface area is 220 Å². The van der Waals surface area contributed by atoms with Crippen molar-refractivity contribution in [2.24, 2.45) is 11.8 Å². The number of rotatable bonds is 10. The molecule has 1 aliphatic carbocycles. The van der Waals surface area contributed by atoms with Crippen LogP contribution in [-0.4, -0.2) is 39.4 Å². The largest absolute Gasteiger partial charge is 0.465 e. The van der Waals surface area contributed by atoms with Gasteiger partial charge in [0.2, 0.25) is 0 Å². The number of carbonyl (C=O) groups is 1. The highest BCUT2D eigenvalue weighted by atomic mass is 16.4. The number of carboxylic acid groups (broad SMARTS) is 1. The molecule has 1 amide bonds. The predicted molar refractivity (Wildman–Crippen MR) is 145 cm³/mol. The van der Waals surface area contributed by atoms with Gasteiger partial charge in [0.15, 0.2) is 5.82 Å². The summed E-state index contributed by atoms with van der Waals surface area (Å²) in [6.45, 7) is 8.63. The SMILES string of the molecule is CCC/C=C/N(CC1CCCC(CN(C(=O)O)c2cnc(C(C)(C)O)cn2)C1)c1cc(C#N)ccc1C. The van der Waals surface area contributed by atoms with E-state index >= 15 is 0 Å². The van der Waals surface area contributed by atoms with Crippen molar-refractivity contribution in [1.82, 2.24) is 9.97 Å². The standard InChI is InChI=1S/C29H39N5O3/c1-5-6-7-13-33(25-15-22(16-30)12-11-21(25)2)19-23-9-8-10-24(14-23)20-34(28(35)36)27-18-31-26(17-32-27)29(3,4)37/h7,11-13,15,17-18,23-24,37H,5-6,8-10,14,19-20H2,1-4H3,(H,35,36)/b13-7+. The summed E-state index contributed by atoms with van der Waals surface area (Å²) >= 11 is 0. The molecule has 8 nitrogen and oxygen atoms in total. The first-order valence-corrected chi connectivity index (χ1v) is 13.1. The number of amides is 1. The number of nitriles is 1. The van der Waals surface area contributed by atoms with Gasteiger partial charge in [-0.05, 0) is 76.0 Å². The monoisotopic (exact) mass is 505 g/mol. The van der Waals surface area contributed by atoms with Gasteiger partial charge >= 0.3 is 6.09 Å². The number of allylic oxidation sites excluding steroid dienone is 1. The molecule has 37 heavy (non-hydrogen) atoms. The lowest BCUT2D eigenvalue weighted by Gasteiger charge is -2.35. The van der Waals surface area contributed by atoms with Gasteiger partial charge in [-0.2, -0.15) is 5.26 Å². The molecule has 1 saturated carbocycles. The van der Waals surface area contributed by atoms with Crippen LogP contribution in [0.5, 0.6) is 0 Å². The number of aryl methyl sites for hydroxylation is 1. The van der Waals surface area contributed by atoms with Gasteiger partial charge in [-0.15, -0.1) is 0 Å². The Morgan fingerprint density at radius 3 is 2.54 bits per heavy atom. The molecule has 0 spiro atoms. The number of nitrogens with zero attached hydrogens (tertiary/aromatic N) is 5. The average molecular weight is 506 g/mol. The highest BCUT2D eigenvalue weighted by molar-refractivity contribution is 5.84. The van der Waals surface area contributed by atoms with E-state index < -0.39 is 11.7 Å². The summed E-state index contributed by atoms with van der Waals surface area (Å²) in [4.78, 5) is 24.2. The molecule has 198 valence electrons. The number of hydrogen-bond donors (Lipinski definition) is 2. The quantitative estimate of drug-likeness (QED) is 0.407. The lowest BCUT2D eigenvalue weighted by atomic mass is 9.80. The van der Waals surface area contributed by atoms with Crippen LogP contribution >= 0.6 is 0 Å². The Morgan fingerprint density at radius 2 is 1.95 bits per heavy atom. The summed E-state index contributed by atoms with van der Waals surface area (Å²) in [6, 6.07) is 8.04. The van der Waals surface area contributed by atoms with Crippen molar-refractivity contribution in [2.75, 3.05) is 22.9 Å². The van der Waals surface area contributed by atoms with Crippen LogP contribution in [0.1, 0.15) is 76.1 Å². The van der Waals surface area contributed by atoms with Crippen LogP contribution in [0.25, 0.3) is 0 Å². The van der Waals surface area contributed by atoms with E-state index in [0.29, 0.717) is 23.7 Å². The zero-order valence-electron chi connectivity index (χ0n) is 22.4. The van der Waals surface area contributed by atoms with Crippen molar-refractivity contribution < 1.29 is 15.0 Å². The van der Waals surface area contributed by atoms with Crippen LogP contribution in [0.4, 0.5) is 16.3 Å². The van der Waals surface area contributed by atoms with Gasteiger partial charge in [0.1, 0.15) is 5.60 Å². The van der Waals surface area contributed by atoms with Gasteiger partial charge in [0, 0.05) is 25.0 Å². The summed E-state index contributed by atoms with van der Waals surface area (Å²) < 4.78 is 0. The molecular formula is C29H39N5O3. The Bertz CT molecular complexity index is 1120. The number of aromatic nitrogens is 2. The topological polar surface area (TPSA) is 114 Å². The fourth-order valence-electron chi connectivity index (χ4n) is 4.91. The van der Waals surface area contributed by atoms with Crippen molar-refractivity contribution in [2.45, 2.75) is 71.8 Å². The third kappa shape index (κ3) is 7.77. The average Bonchev–Trinajstić information content (AvgIpc) is 2.87. The zero-order chi connectivity index (χ0) is 27.0. The highest BCUT2D eigenvalue weighted by Gasteiger charge is 2.29. The molecule has 3 rings (SSSR count). The molecule has 8 heteroatoms. The number of hydrogen-bond acceptors (Lipinski definition) is 6. The summed E-state index contributed by atoms with van der Waals surface area (Å²) in [5.41, 5.74) is 2.07. The maximum Gasteiger partial charge on any atom is 0.413 e. The molecule has 1 aliphatic rings. The minimum absolute atomic E-state index is 0.207. The third-order valence-corrected chi connectivity index (χ3v) is 6.95. The second-order valence-corrected chi connectivity index (χ2v) is 10.5. The molecule has 0 bridgehead atoms. The normalized spacial score (nSPS) is 17.9. The van der Waals surface area contributed by atoms with E-state index in [0.717, 1.165) is 56.3 Å². The van der Waals surface area contributed by atoms with Crippen LogP contribution in [0.2, 0.25) is 0 Å². The zero-order valence-corrected chi connectivity index (χ0v) is 22.4. The Morgan fingerprint density at radius 1 is 1.22 bits per heavy atom. The molecular weight excluding hydrogens is 466 g/mol. The molecule has 1 fully saturated rings. The minimum atomic E-state index is -1.14. The number of benzene rings is 1. The summed E-state index contributed by atoms with van der Waals surface area (Å²) in [7, 11) is 0. The molecule has 0 aliphatic heterocycles. The number of anilines is 2. The van der Waals surface area contributed by atoms with E-state index in [1.807, 2.05) is 18.2 Å². The van der Waals surface area contributed by atoms with Crippen LogP contribution in [0.15, 0.2) is 42.9 Å². The highest BCUT2D eigenvalue weighted by Crippen LogP contribution is 2.33. The van der Waals surface area contributed by atoms with Crippen molar-refractivity contribution in [3.8, 4) is 6.07 Å². The molecule has 0 radical (unpaired) electrons. The minimum Gasteiger partial charge on any atom is -0.465 e. The smallest absolute Gasteiger partial charge is 0.413 e. The van der Waals surface area contributed by atoms with Crippen molar-refractivity contribution in [3.63, 3.8) is 0 Å². The van der Waals surface area contributed by atoms with Gasteiger partial charge in [-0.1, -0.05) is 31.9 Å². The third-order valence-electron chi connectivity index (χ3n) is 6.95. The first kappa shape index (κ1) is 28.1. The molecule has 0 saturated heterocycles. The van der Waals surface area contributed by atoms with Gasteiger partial charge in [0.25, 0.3) is 0 Å². The molecule has 1 aromatic heterocycles. The summed E-state index contributed by atoms with van der Waals surface area (Å²) in [6.07, 6.45) is 12.2. The summed E-state index contributed by atoms with van der Waals surface area (Å²) in [5, 5.41) is 29.5. The maximum atomic E-state index is 12.1. The van der Waals surface area contributed by atoms with Crippen molar-refractivity contribution >= 4 is 17.6 Å². The molecule has 1 aromatic carbocycles. The van der Waals surface area contributed by atoms with Crippen molar-refractivity contribution in [3.05, 3.63) is 59.7 Å². The van der Waals surface area contributed by atoms with Gasteiger partial charge in [-0.25, -0.2) is 9.78 Å². The first-order valence-electron chi connectivity index (χ1n) is 13.1. The van der Waals surface area contributed by atoms with E-state index in [1.54, 1.807) is 13.8 Å². The van der Waals surface area contributed by atoms with E-state index in [4.69, 9.17) is 0 Å². The van der Waals surface area contributed by atoms with E-state index in [-0.39, 0.29) is 11.7 Å². The molecule has 2 N–H and O–H groups in total. The van der Waals surface area contributed by atoms with E-state index in [2.05, 4.69) is 47.1 Å². The fraction of sp³-hybridized carbons (Fsp3) is 0.517. The number of aliphatic hydroxyl groups is 1. The first-order chi connectivity index (χ1) is 17.6. The van der Waals surface area contributed by atoms with Crippen LogP contribution in [0, 0.1) is 30.1 Å². The summed E-state index contributed by atoms with van der Waals surface area (Å²) in [5.74, 6) is 0.878. The van der Waals surface area contributed by atoms with Crippen LogP contribution < -0.4 is 9.80 Å². The van der Waals surface area contributed by atoms with E-state index in [9.17, 15) is 20.3 Å². The number of unbranched alkanes of at least 4 members (excludes halogenated alkanes) is 1. The Balaban J connectivity index is 1.74. The fourth-order valence-corrected chi connectivity index (χ4v) is 4.91. The lowest BCUT2D eigenvalue weighted by Crippen LogP contribution is -2.38. The second-order valence-electron chi connectivity index (χ2n) is 10.5. The molecule has 2 unspecified atom stereocenters. The van der Waals surface area contributed by atoms with Gasteiger partial charge < -0.3 is 15.1 Å². The van der Waals surface area contributed by atoms with Gasteiger partial charge in [-0.3, -0.25) is 9.88 Å². The van der Waals surface area contributed by atoms with E-state index in [1.165, 1.54) is 17.3 Å². The lowest BCUT2D eigenvalue weighted by molar-refractivity contribution is 0.0734. The predicted octanol–water partition coefficient (Wildman–Crippen LogP) is 6.00. The maximum absolute atomic E-state index is 12.1. The molecule has 1 heterocycles. The van der Waals surface area contributed by atoms with Crippen LogP contribution in [0.3, 0.4) is 0 Å². The Kier molecular flexibility index (Phi) is 9.65. The Hall–Kier alpha value is -3.44. The molecule has 2 aromatic rings. The van der Waals surface area contributed by atoms with Gasteiger partial charge in [0.05, 0.1) is 29.7 Å². The van der Waals surface area contributed by atoms with Crippen molar-refractivity contribution in [1.29, 1.82) is 5.26 Å². The second kappa shape index (κ2) is 12.7.